The lowest BCUT2D eigenvalue weighted by Gasteiger charge is -1.91. The van der Waals surface area contributed by atoms with Gasteiger partial charge in [-0.05, 0) is 13.3 Å². The summed E-state index contributed by atoms with van der Waals surface area (Å²) < 4.78 is 11.8. The molecule has 0 aliphatic heterocycles. The summed E-state index contributed by atoms with van der Waals surface area (Å²) in [4.78, 5) is 12.5. The third-order valence-corrected chi connectivity index (χ3v) is 0.703. The Morgan fingerprint density at radius 1 is 1.88 bits per heavy atom. The average molecular weight is 117 g/mol. The van der Waals surface area contributed by atoms with Crippen LogP contribution in [0, 0.1) is 0 Å². The highest BCUT2D eigenvalue weighted by molar-refractivity contribution is 5.32. The van der Waals surface area contributed by atoms with Crippen molar-refractivity contribution >= 4 is 6.08 Å². The Balaban J connectivity index is 3.05. The van der Waals surface area contributed by atoms with Gasteiger partial charge in [-0.3, -0.25) is 0 Å². The number of hydrogen-bond donors (Lipinski definition) is 0. The Bertz CT molecular complexity index is 96.6. The van der Waals surface area contributed by atoms with E-state index in [1.54, 1.807) is 0 Å². The van der Waals surface area contributed by atoms with Gasteiger partial charge in [-0.1, -0.05) is 0 Å². The predicted molar refractivity (Wildman–Crippen MR) is 28.2 cm³/mol. The maximum Gasteiger partial charge on any atom is 0.234 e. The first kappa shape index (κ1) is 7.31. The zero-order chi connectivity index (χ0) is 6.41. The lowest BCUT2D eigenvalue weighted by Crippen LogP contribution is -1.93. The molecule has 0 aliphatic rings. The summed E-state index contributed by atoms with van der Waals surface area (Å²) in [5.41, 5.74) is 0. The maximum atomic E-state index is 11.8. The number of aliphatic imine (C=N–C) groups is 1. The number of isocyanates is 1. The second-order valence-corrected chi connectivity index (χ2v) is 1.54. The fourth-order valence-electron chi connectivity index (χ4n) is 0.288. The zero-order valence-electron chi connectivity index (χ0n) is 4.72. The molecule has 0 N–H and O–H groups in total. The zero-order valence-corrected chi connectivity index (χ0v) is 4.72. The highest BCUT2D eigenvalue weighted by Crippen LogP contribution is 1.93. The normalized spacial score (nSPS) is 12.2. The lowest BCUT2D eigenvalue weighted by molar-refractivity contribution is 0.345. The molecule has 46 valence electrons. The van der Waals surface area contributed by atoms with Crippen molar-refractivity contribution in [1.29, 1.82) is 0 Å². The van der Waals surface area contributed by atoms with Crippen LogP contribution in [0.3, 0.4) is 0 Å². The van der Waals surface area contributed by atoms with E-state index in [9.17, 15) is 9.18 Å². The summed E-state index contributed by atoms with van der Waals surface area (Å²) in [6.45, 7) is 1.68. The molecule has 1 unspecified atom stereocenters. The molecule has 0 rings (SSSR count). The van der Waals surface area contributed by atoms with Gasteiger partial charge in [-0.25, -0.2) is 14.2 Å². The minimum Gasteiger partial charge on any atom is -0.248 e. The van der Waals surface area contributed by atoms with E-state index in [2.05, 4.69) is 4.99 Å². The fraction of sp³-hybridized carbons (Fsp3) is 0.800. The van der Waals surface area contributed by atoms with E-state index in [1.807, 2.05) is 0 Å². The van der Waals surface area contributed by atoms with Gasteiger partial charge in [0, 0.05) is 0 Å². The van der Waals surface area contributed by atoms with E-state index in [0.717, 1.165) is 0 Å². The minimum absolute atomic E-state index is 0.251. The van der Waals surface area contributed by atoms with Gasteiger partial charge >= 0.3 is 0 Å². The molecule has 0 fully saturated rings. The van der Waals surface area contributed by atoms with Crippen molar-refractivity contribution in [3.05, 3.63) is 0 Å². The van der Waals surface area contributed by atoms with Crippen molar-refractivity contribution in [2.45, 2.75) is 19.5 Å². The van der Waals surface area contributed by atoms with Gasteiger partial charge in [-0.2, -0.15) is 0 Å². The predicted octanol–water partition coefficient (Wildman–Crippen LogP) is 1.07. The van der Waals surface area contributed by atoms with Crippen molar-refractivity contribution in [2.75, 3.05) is 6.54 Å². The van der Waals surface area contributed by atoms with Gasteiger partial charge in [0.05, 0.1) is 12.7 Å². The number of alkyl halides is 1. The molecule has 0 saturated heterocycles. The van der Waals surface area contributed by atoms with Crippen LogP contribution in [0.1, 0.15) is 13.3 Å². The van der Waals surface area contributed by atoms with Crippen LogP contribution in [0.5, 0.6) is 0 Å². The van der Waals surface area contributed by atoms with E-state index in [4.69, 9.17) is 0 Å². The van der Waals surface area contributed by atoms with E-state index < -0.39 is 6.17 Å². The summed E-state index contributed by atoms with van der Waals surface area (Å²) in [5.74, 6) is 0. The topological polar surface area (TPSA) is 29.4 Å². The van der Waals surface area contributed by atoms with Crippen LogP contribution >= 0.6 is 0 Å². The molecule has 0 radical (unpaired) electrons. The molecule has 0 spiro atoms. The molecule has 8 heavy (non-hydrogen) atoms. The van der Waals surface area contributed by atoms with E-state index in [1.165, 1.54) is 13.0 Å². The molecule has 0 amide bonds. The first-order valence-electron chi connectivity index (χ1n) is 2.45. The van der Waals surface area contributed by atoms with E-state index in [-0.39, 0.29) is 6.54 Å². The summed E-state index contributed by atoms with van der Waals surface area (Å²) in [5, 5.41) is 0. The van der Waals surface area contributed by atoms with Crippen LogP contribution in [0.2, 0.25) is 0 Å². The maximum absolute atomic E-state index is 11.8. The molecule has 0 aromatic heterocycles. The average Bonchev–Trinajstić information content (AvgIpc) is 1.66. The minimum atomic E-state index is -0.868. The van der Waals surface area contributed by atoms with Crippen LogP contribution in [0.15, 0.2) is 4.99 Å². The number of carbonyl (C=O) groups excluding carboxylic acids is 1. The van der Waals surface area contributed by atoms with Crippen LogP contribution in [0.4, 0.5) is 4.39 Å². The molecule has 3 heteroatoms. The van der Waals surface area contributed by atoms with Crippen LogP contribution in [0.25, 0.3) is 0 Å². The van der Waals surface area contributed by atoms with Crippen molar-refractivity contribution in [2.24, 2.45) is 4.99 Å². The Hall–Kier alpha value is -0.690. The lowest BCUT2D eigenvalue weighted by atomic mass is 10.3. The number of rotatable bonds is 3. The van der Waals surface area contributed by atoms with Crippen molar-refractivity contribution in [1.82, 2.24) is 0 Å². The number of halogens is 1. The largest absolute Gasteiger partial charge is 0.248 e. The fourth-order valence-corrected chi connectivity index (χ4v) is 0.288. The monoisotopic (exact) mass is 117 g/mol. The Morgan fingerprint density at radius 2 is 2.50 bits per heavy atom. The highest BCUT2D eigenvalue weighted by Gasteiger charge is 1.93. The third-order valence-electron chi connectivity index (χ3n) is 0.703. The van der Waals surface area contributed by atoms with E-state index >= 15 is 0 Å². The van der Waals surface area contributed by atoms with E-state index in [0.29, 0.717) is 6.42 Å². The van der Waals surface area contributed by atoms with Crippen molar-refractivity contribution in [3.63, 3.8) is 0 Å². The second-order valence-electron chi connectivity index (χ2n) is 1.54. The molecular weight excluding hydrogens is 109 g/mol. The number of nitrogens with zero attached hydrogens (tertiary/aromatic N) is 1. The van der Waals surface area contributed by atoms with Crippen LogP contribution in [-0.2, 0) is 4.79 Å². The molecule has 0 heterocycles. The smallest absolute Gasteiger partial charge is 0.234 e. The van der Waals surface area contributed by atoms with Gasteiger partial charge in [0.25, 0.3) is 0 Å². The van der Waals surface area contributed by atoms with Crippen molar-refractivity contribution < 1.29 is 9.18 Å². The number of hydrogen-bond acceptors (Lipinski definition) is 2. The quantitative estimate of drug-likeness (QED) is 0.401. The molecule has 0 aliphatic carbocycles. The molecular formula is C5H8FNO. The molecule has 1 atom stereocenters. The third kappa shape index (κ3) is 5.31. The van der Waals surface area contributed by atoms with Gasteiger partial charge < -0.3 is 0 Å². The summed E-state index contributed by atoms with van der Waals surface area (Å²) >= 11 is 0. The van der Waals surface area contributed by atoms with Crippen LogP contribution < -0.4 is 0 Å². The summed E-state index contributed by atoms with van der Waals surface area (Å²) in [7, 11) is 0. The first-order valence-corrected chi connectivity index (χ1v) is 2.45. The molecule has 0 aromatic carbocycles. The molecule has 0 bridgehead atoms. The first-order chi connectivity index (χ1) is 3.77. The highest BCUT2D eigenvalue weighted by atomic mass is 19.1. The van der Waals surface area contributed by atoms with Crippen LogP contribution in [-0.4, -0.2) is 18.8 Å². The van der Waals surface area contributed by atoms with Crippen molar-refractivity contribution in [3.8, 4) is 0 Å². The molecule has 2 nitrogen and oxygen atoms in total. The van der Waals surface area contributed by atoms with Gasteiger partial charge in [0.15, 0.2) is 0 Å². The SMILES string of the molecule is CC(F)CCN=C=O. The summed E-state index contributed by atoms with van der Waals surface area (Å²) in [6, 6.07) is 0. The van der Waals surface area contributed by atoms with Gasteiger partial charge in [0.1, 0.15) is 0 Å². The molecule has 0 aromatic rings. The standard InChI is InChI=1S/C5H8FNO/c1-5(6)2-3-7-4-8/h5H,2-3H2,1H3. The summed E-state index contributed by atoms with van der Waals surface area (Å²) in [6.07, 6.45) is 0.778. The van der Waals surface area contributed by atoms with Gasteiger partial charge in [-0.15, -0.1) is 0 Å². The Labute approximate surface area is 47.4 Å². The Morgan fingerprint density at radius 3 is 2.88 bits per heavy atom. The second kappa shape index (κ2) is 4.47. The Kier molecular flexibility index (Phi) is 4.08. The van der Waals surface area contributed by atoms with Gasteiger partial charge in [0.2, 0.25) is 6.08 Å². The molecule has 0 saturated carbocycles.